The second-order valence-corrected chi connectivity index (χ2v) is 16.2. The monoisotopic (exact) mass is 712 g/mol. The molecule has 4 aliphatic carbocycles. The number of ether oxygens (including phenoxy) is 6. The third-order valence-corrected chi connectivity index (χ3v) is 13.5. The van der Waals surface area contributed by atoms with Gasteiger partial charge in [-0.05, 0) is 64.7 Å². The van der Waals surface area contributed by atoms with Crippen molar-refractivity contribution in [2.75, 3.05) is 7.11 Å². The molecule has 2 aliphatic heterocycles. The average molecular weight is 713 g/mol. The molecule has 3 saturated carbocycles. The Morgan fingerprint density at radius 2 is 1.60 bits per heavy atom. The van der Waals surface area contributed by atoms with Crippen LogP contribution in [-0.4, -0.2) is 134 Å². The van der Waals surface area contributed by atoms with Gasteiger partial charge in [0.2, 0.25) is 0 Å². The van der Waals surface area contributed by atoms with Crippen LogP contribution in [0.2, 0.25) is 0 Å². The molecular weight excluding hydrogens is 656 g/mol. The number of hydrogen-bond donors (Lipinski definition) is 6. The molecule has 0 aromatic carbocycles. The van der Waals surface area contributed by atoms with Crippen molar-refractivity contribution in [3.8, 4) is 0 Å². The molecule has 0 aromatic rings. The Kier molecular flexibility index (Phi) is 10.2. The molecule has 14 nitrogen and oxygen atoms in total. The fourth-order valence-corrected chi connectivity index (χ4v) is 10.9. The van der Waals surface area contributed by atoms with Gasteiger partial charge in [-0.25, -0.2) is 0 Å². The topological polar surface area (TPSA) is 211 Å². The van der Waals surface area contributed by atoms with Crippen LogP contribution in [0, 0.1) is 22.7 Å². The summed E-state index contributed by atoms with van der Waals surface area (Å²) < 4.78 is 35.3. The molecule has 0 aromatic heterocycles. The summed E-state index contributed by atoms with van der Waals surface area (Å²) in [6.07, 6.45) is -7.35. The summed E-state index contributed by atoms with van der Waals surface area (Å²) in [5, 5.41) is 69.2. The van der Waals surface area contributed by atoms with Crippen LogP contribution in [0.1, 0.15) is 86.5 Å². The lowest BCUT2D eigenvalue weighted by Gasteiger charge is -2.67. The fourth-order valence-electron chi connectivity index (χ4n) is 10.9. The highest BCUT2D eigenvalue weighted by atomic mass is 16.7. The molecule has 6 rings (SSSR count). The van der Waals surface area contributed by atoms with Gasteiger partial charge >= 0.3 is 5.97 Å². The molecule has 2 saturated heterocycles. The number of carbonyl (C=O) groups is 2. The van der Waals surface area contributed by atoms with E-state index in [1.807, 2.05) is 13.0 Å². The first-order chi connectivity index (χ1) is 23.3. The average Bonchev–Trinajstić information content (AvgIpc) is 3.33. The van der Waals surface area contributed by atoms with E-state index in [-0.39, 0.29) is 31.1 Å². The van der Waals surface area contributed by atoms with Crippen molar-refractivity contribution in [3.63, 3.8) is 0 Å². The van der Waals surface area contributed by atoms with Gasteiger partial charge in [0.1, 0.15) is 53.6 Å². The molecule has 2 heterocycles. The van der Waals surface area contributed by atoms with Crippen LogP contribution >= 0.6 is 0 Å². The van der Waals surface area contributed by atoms with Crippen LogP contribution in [0.25, 0.3) is 0 Å². The Bertz CT molecular complexity index is 1330. The first kappa shape index (κ1) is 38.2. The Labute approximate surface area is 293 Å². The lowest BCUT2D eigenvalue weighted by molar-refractivity contribution is -0.342. The molecular formula is C36H56O14. The van der Waals surface area contributed by atoms with Gasteiger partial charge in [0.05, 0.1) is 24.4 Å². The summed E-state index contributed by atoms with van der Waals surface area (Å²) in [5.41, 5.74) is -4.87. The number of rotatable bonds is 7. The number of methoxy groups -OCH3 is 1. The van der Waals surface area contributed by atoms with Crippen LogP contribution < -0.4 is 0 Å². The van der Waals surface area contributed by atoms with E-state index in [9.17, 15) is 40.2 Å². The SMILES string of the molecule is COC1C(O)C(C)OC(OC2C(O)CC(OC3CCC4(C)C(=CCC5(O)C4C(OC(C)=O)C(O)C4(C)C(C(C)=O)CCC54O)C3)OC2C)C1O. The zero-order chi connectivity index (χ0) is 36.7. The van der Waals surface area contributed by atoms with Crippen molar-refractivity contribution in [3.05, 3.63) is 11.6 Å². The van der Waals surface area contributed by atoms with E-state index in [1.165, 1.54) is 21.0 Å². The number of esters is 1. The Balaban J connectivity index is 1.17. The summed E-state index contributed by atoms with van der Waals surface area (Å²) >= 11 is 0. The Hall–Kier alpha value is -1.56. The molecule has 50 heavy (non-hydrogen) atoms. The van der Waals surface area contributed by atoms with Gasteiger partial charge in [-0.3, -0.25) is 9.59 Å². The number of Topliss-reactive ketones (excluding diaryl/α,β-unsaturated/α-hetero) is 1. The van der Waals surface area contributed by atoms with Crippen LogP contribution in [0.4, 0.5) is 0 Å². The highest BCUT2D eigenvalue weighted by molar-refractivity contribution is 5.80. The smallest absolute Gasteiger partial charge is 0.303 e. The van der Waals surface area contributed by atoms with E-state index < -0.39 is 107 Å². The first-order valence-electron chi connectivity index (χ1n) is 18.0. The van der Waals surface area contributed by atoms with E-state index in [1.54, 1.807) is 20.8 Å². The van der Waals surface area contributed by atoms with Gasteiger partial charge in [0.25, 0.3) is 0 Å². The van der Waals surface area contributed by atoms with E-state index in [0.29, 0.717) is 25.7 Å². The molecule has 18 atom stereocenters. The van der Waals surface area contributed by atoms with Crippen molar-refractivity contribution in [1.29, 1.82) is 0 Å². The van der Waals surface area contributed by atoms with Gasteiger partial charge in [-0.15, -0.1) is 0 Å². The van der Waals surface area contributed by atoms with Gasteiger partial charge in [0, 0.05) is 37.7 Å². The van der Waals surface area contributed by atoms with Gasteiger partial charge in [-0.1, -0.05) is 25.5 Å². The molecule has 6 aliphatic rings. The largest absolute Gasteiger partial charge is 0.459 e. The minimum absolute atomic E-state index is 0.0415. The number of carbonyl (C=O) groups excluding carboxylic acids is 2. The molecule has 0 radical (unpaired) electrons. The number of aliphatic hydroxyl groups excluding tert-OH is 4. The zero-order valence-electron chi connectivity index (χ0n) is 30.1. The van der Waals surface area contributed by atoms with Gasteiger partial charge in [0.15, 0.2) is 12.6 Å². The molecule has 284 valence electrons. The minimum Gasteiger partial charge on any atom is -0.459 e. The van der Waals surface area contributed by atoms with Crippen LogP contribution in [0.15, 0.2) is 11.6 Å². The van der Waals surface area contributed by atoms with Crippen molar-refractivity contribution in [2.45, 2.75) is 171 Å². The minimum atomic E-state index is -1.81. The third-order valence-electron chi connectivity index (χ3n) is 13.5. The maximum atomic E-state index is 12.8. The van der Waals surface area contributed by atoms with Gasteiger partial charge in [-0.2, -0.15) is 0 Å². The Morgan fingerprint density at radius 3 is 2.22 bits per heavy atom. The number of fused-ring (bicyclic) bond motifs is 5. The van der Waals surface area contributed by atoms with E-state index in [0.717, 1.165) is 5.57 Å². The summed E-state index contributed by atoms with van der Waals surface area (Å²) in [6, 6.07) is 0. The molecule has 18 unspecified atom stereocenters. The molecule has 0 amide bonds. The maximum absolute atomic E-state index is 12.8. The van der Waals surface area contributed by atoms with Crippen LogP contribution in [-0.2, 0) is 38.0 Å². The van der Waals surface area contributed by atoms with Crippen molar-refractivity contribution in [1.82, 2.24) is 0 Å². The number of hydrogen-bond acceptors (Lipinski definition) is 14. The summed E-state index contributed by atoms with van der Waals surface area (Å²) in [5.74, 6) is -2.40. The Morgan fingerprint density at radius 1 is 0.900 bits per heavy atom. The zero-order valence-corrected chi connectivity index (χ0v) is 30.1. The predicted octanol–water partition coefficient (Wildman–Crippen LogP) is 0.644. The number of aliphatic hydroxyl groups is 6. The van der Waals surface area contributed by atoms with E-state index in [4.69, 9.17) is 28.4 Å². The van der Waals surface area contributed by atoms with E-state index >= 15 is 0 Å². The lowest BCUT2D eigenvalue weighted by atomic mass is 9.42. The van der Waals surface area contributed by atoms with Crippen molar-refractivity contribution < 1.29 is 68.6 Å². The molecule has 0 bridgehead atoms. The van der Waals surface area contributed by atoms with E-state index in [2.05, 4.69) is 0 Å². The van der Waals surface area contributed by atoms with Crippen molar-refractivity contribution >= 4 is 11.8 Å². The summed E-state index contributed by atoms with van der Waals surface area (Å²) in [6.45, 7) is 9.65. The highest BCUT2D eigenvalue weighted by Gasteiger charge is 2.79. The van der Waals surface area contributed by atoms with Crippen LogP contribution in [0.5, 0.6) is 0 Å². The molecule has 0 spiro atoms. The quantitative estimate of drug-likeness (QED) is 0.158. The van der Waals surface area contributed by atoms with Gasteiger partial charge < -0.3 is 59.1 Å². The second kappa shape index (κ2) is 13.4. The van der Waals surface area contributed by atoms with Crippen molar-refractivity contribution in [2.24, 2.45) is 22.7 Å². The molecule has 6 N–H and O–H groups in total. The molecule has 5 fully saturated rings. The fraction of sp³-hybridized carbons (Fsp3) is 0.889. The summed E-state index contributed by atoms with van der Waals surface area (Å²) in [4.78, 5) is 25.3. The second-order valence-electron chi connectivity index (χ2n) is 16.2. The first-order valence-corrected chi connectivity index (χ1v) is 18.0. The maximum Gasteiger partial charge on any atom is 0.303 e. The van der Waals surface area contributed by atoms with Crippen LogP contribution in [0.3, 0.4) is 0 Å². The normalized spacial score (nSPS) is 53.4. The number of ketones is 1. The molecule has 14 heteroatoms. The predicted molar refractivity (Wildman–Crippen MR) is 173 cm³/mol. The highest BCUT2D eigenvalue weighted by Crippen LogP contribution is 2.70. The summed E-state index contributed by atoms with van der Waals surface area (Å²) in [7, 11) is 1.38. The lowest BCUT2D eigenvalue weighted by Crippen LogP contribution is -2.79. The third kappa shape index (κ3) is 5.64. The standard InChI is InChI=1S/C36H56O14/c1-16(37)22-10-13-36(44)34(22,6)31(42)29(48-19(4)38)30-33(5)11-9-21(14-20(33)8-12-35(30,36)43)49-24-15-23(39)27(18(3)46-24)50-32-26(41)28(45-7)25(40)17(2)47-32/h8,17-18,21-32,39-44H,9-15H2,1-7H3.